The fourth-order valence-corrected chi connectivity index (χ4v) is 0.696. The molecule has 0 spiro atoms. The molecule has 0 bridgehead atoms. The number of rotatable bonds is 5. The van der Waals surface area contributed by atoms with Crippen molar-refractivity contribution in [2.45, 2.75) is 32.6 Å². The predicted molar refractivity (Wildman–Crippen MR) is 39.4 cm³/mol. The Morgan fingerprint density at radius 2 is 2.20 bits per heavy atom. The average Bonchev–Trinajstić information content (AvgIpc) is 1.89. The number of Topliss-reactive ketones (excluding diaryl/α,β-unsaturated/α-hetero) is 1. The molecular formula is C8H12O2. The van der Waals surface area contributed by atoms with Crippen LogP contribution in [0.5, 0.6) is 0 Å². The molecule has 0 unspecified atom stereocenters. The van der Waals surface area contributed by atoms with E-state index in [1.54, 1.807) is 5.94 Å². The summed E-state index contributed by atoms with van der Waals surface area (Å²) in [6.45, 7) is 1.97. The minimum atomic E-state index is 0.231. The van der Waals surface area contributed by atoms with E-state index in [0.29, 0.717) is 19.3 Å². The van der Waals surface area contributed by atoms with Gasteiger partial charge in [0, 0.05) is 18.9 Å². The van der Waals surface area contributed by atoms with Gasteiger partial charge in [-0.2, -0.15) is 0 Å². The molecule has 0 fully saturated rings. The number of ketones is 1. The largest absolute Gasteiger partial charge is 0.300 e. The summed E-state index contributed by atoms with van der Waals surface area (Å²) in [6.07, 6.45) is 3.91. The van der Waals surface area contributed by atoms with Crippen LogP contribution in [0.15, 0.2) is 6.08 Å². The highest BCUT2D eigenvalue weighted by Gasteiger charge is 1.96. The Balaban J connectivity index is 3.30. The maximum atomic E-state index is 10.8. The molecule has 0 N–H and O–H groups in total. The van der Waals surface area contributed by atoms with Gasteiger partial charge in [0.05, 0.1) is 0 Å². The minimum Gasteiger partial charge on any atom is -0.300 e. The Bertz CT molecular complexity index is 143. The van der Waals surface area contributed by atoms with Gasteiger partial charge >= 0.3 is 0 Å². The third-order valence-corrected chi connectivity index (χ3v) is 1.18. The fraction of sp³-hybridized carbons (Fsp3) is 0.625. The molecule has 0 aliphatic heterocycles. The van der Waals surface area contributed by atoms with Gasteiger partial charge in [-0.1, -0.05) is 6.92 Å². The van der Waals surface area contributed by atoms with Crippen molar-refractivity contribution in [2.24, 2.45) is 0 Å². The maximum absolute atomic E-state index is 10.8. The third-order valence-electron chi connectivity index (χ3n) is 1.18. The van der Waals surface area contributed by atoms with Crippen LogP contribution < -0.4 is 0 Å². The molecule has 0 rings (SSSR count). The molecule has 56 valence electrons. The Labute approximate surface area is 60.9 Å². The Hall–Kier alpha value is -0.880. The Kier molecular flexibility index (Phi) is 5.69. The van der Waals surface area contributed by atoms with E-state index >= 15 is 0 Å². The molecule has 0 aromatic heterocycles. The van der Waals surface area contributed by atoms with Crippen LogP contribution in [0.3, 0.4) is 0 Å². The number of carbonyl (C=O) groups excluding carboxylic acids is 2. The second-order valence-electron chi connectivity index (χ2n) is 2.15. The summed E-state index contributed by atoms with van der Waals surface area (Å²) in [5.41, 5.74) is 0. The highest BCUT2D eigenvalue weighted by Crippen LogP contribution is 1.97. The van der Waals surface area contributed by atoms with Crippen molar-refractivity contribution < 1.29 is 9.59 Å². The first kappa shape index (κ1) is 9.12. The molecular weight excluding hydrogens is 128 g/mol. The molecule has 0 saturated heterocycles. The Morgan fingerprint density at radius 3 is 2.70 bits per heavy atom. The molecule has 2 heteroatoms. The second kappa shape index (κ2) is 6.24. The van der Waals surface area contributed by atoms with Crippen LogP contribution in [0.4, 0.5) is 0 Å². The van der Waals surface area contributed by atoms with E-state index in [0.717, 1.165) is 6.42 Å². The van der Waals surface area contributed by atoms with E-state index in [-0.39, 0.29) is 5.78 Å². The second-order valence-corrected chi connectivity index (χ2v) is 2.15. The van der Waals surface area contributed by atoms with Gasteiger partial charge in [0.2, 0.25) is 0 Å². The smallest absolute Gasteiger partial charge is 0.133 e. The zero-order valence-electron chi connectivity index (χ0n) is 6.22. The van der Waals surface area contributed by atoms with Crippen molar-refractivity contribution in [3.63, 3.8) is 0 Å². The molecule has 0 atom stereocenters. The summed E-state index contributed by atoms with van der Waals surface area (Å²) in [6, 6.07) is 0. The monoisotopic (exact) mass is 140 g/mol. The van der Waals surface area contributed by atoms with Crippen LogP contribution in [-0.2, 0) is 9.59 Å². The van der Waals surface area contributed by atoms with Gasteiger partial charge in [-0.05, 0) is 12.8 Å². The first-order chi connectivity index (χ1) is 4.81. The van der Waals surface area contributed by atoms with Crippen molar-refractivity contribution in [3.8, 4) is 0 Å². The molecule has 0 aliphatic carbocycles. The molecule has 10 heavy (non-hydrogen) atoms. The highest BCUT2D eigenvalue weighted by molar-refractivity contribution is 5.78. The topological polar surface area (TPSA) is 34.1 Å². The van der Waals surface area contributed by atoms with Gasteiger partial charge < -0.3 is 0 Å². The highest BCUT2D eigenvalue weighted by atomic mass is 16.1. The normalized spacial score (nSPS) is 8.50. The van der Waals surface area contributed by atoms with Gasteiger partial charge in [-0.25, -0.2) is 4.79 Å². The molecule has 0 aliphatic rings. The first-order valence-electron chi connectivity index (χ1n) is 3.52. The van der Waals surface area contributed by atoms with Crippen LogP contribution >= 0.6 is 0 Å². The van der Waals surface area contributed by atoms with Crippen molar-refractivity contribution in [1.82, 2.24) is 0 Å². The summed E-state index contributed by atoms with van der Waals surface area (Å²) < 4.78 is 0. The van der Waals surface area contributed by atoms with Crippen molar-refractivity contribution in [2.75, 3.05) is 0 Å². The van der Waals surface area contributed by atoms with Gasteiger partial charge in [0.1, 0.15) is 11.7 Å². The lowest BCUT2D eigenvalue weighted by atomic mass is 10.1. The van der Waals surface area contributed by atoms with Crippen LogP contribution in [0, 0.1) is 0 Å². The minimum absolute atomic E-state index is 0.231. The van der Waals surface area contributed by atoms with E-state index in [9.17, 15) is 9.59 Å². The zero-order valence-corrected chi connectivity index (χ0v) is 6.22. The number of carbonyl (C=O) groups is 1. The van der Waals surface area contributed by atoms with Gasteiger partial charge in [-0.3, -0.25) is 4.79 Å². The standard InChI is InChI=1S/C8H12O2/c1-2-5-8(10)6-3-4-7-9/h4H,2-3,5-6H2,1H3. The van der Waals surface area contributed by atoms with Crippen LogP contribution in [0.1, 0.15) is 32.6 Å². The van der Waals surface area contributed by atoms with E-state index in [2.05, 4.69) is 0 Å². The molecule has 0 saturated carbocycles. The van der Waals surface area contributed by atoms with Gasteiger partial charge in [0.25, 0.3) is 0 Å². The summed E-state index contributed by atoms with van der Waals surface area (Å²) in [7, 11) is 0. The molecule has 0 heterocycles. The van der Waals surface area contributed by atoms with Crippen LogP contribution in [0.25, 0.3) is 0 Å². The summed E-state index contributed by atoms with van der Waals surface area (Å²) in [5, 5.41) is 0. The Morgan fingerprint density at radius 1 is 1.50 bits per heavy atom. The molecule has 0 amide bonds. The molecule has 2 nitrogen and oxygen atoms in total. The van der Waals surface area contributed by atoms with E-state index < -0.39 is 0 Å². The van der Waals surface area contributed by atoms with Crippen molar-refractivity contribution in [3.05, 3.63) is 6.08 Å². The number of hydrogen-bond donors (Lipinski definition) is 0. The van der Waals surface area contributed by atoms with Crippen LogP contribution in [-0.4, -0.2) is 11.7 Å². The fourth-order valence-electron chi connectivity index (χ4n) is 0.696. The van der Waals surface area contributed by atoms with Gasteiger partial charge in [-0.15, -0.1) is 0 Å². The van der Waals surface area contributed by atoms with Crippen molar-refractivity contribution >= 4 is 11.7 Å². The SMILES string of the molecule is CCCC(=O)CCC=C=O. The lowest BCUT2D eigenvalue weighted by Crippen LogP contribution is -1.94. The number of allylic oxidation sites excluding steroid dienone is 1. The third kappa shape index (κ3) is 5.26. The molecule has 0 aromatic carbocycles. The quantitative estimate of drug-likeness (QED) is 0.542. The van der Waals surface area contributed by atoms with Gasteiger partial charge in [0.15, 0.2) is 0 Å². The summed E-state index contributed by atoms with van der Waals surface area (Å²) in [5.74, 6) is 1.87. The average molecular weight is 140 g/mol. The van der Waals surface area contributed by atoms with E-state index in [1.165, 1.54) is 6.08 Å². The first-order valence-corrected chi connectivity index (χ1v) is 3.52. The molecule has 0 aromatic rings. The molecule has 0 radical (unpaired) electrons. The van der Waals surface area contributed by atoms with E-state index in [4.69, 9.17) is 0 Å². The number of hydrogen-bond acceptors (Lipinski definition) is 2. The lowest BCUT2D eigenvalue weighted by Gasteiger charge is -1.91. The maximum Gasteiger partial charge on any atom is 0.133 e. The zero-order chi connectivity index (χ0) is 7.82. The van der Waals surface area contributed by atoms with Crippen LogP contribution in [0.2, 0.25) is 0 Å². The predicted octanol–water partition coefficient (Wildman–Crippen LogP) is 1.52. The summed E-state index contributed by atoms with van der Waals surface area (Å²) >= 11 is 0. The van der Waals surface area contributed by atoms with E-state index in [1.807, 2.05) is 6.92 Å². The van der Waals surface area contributed by atoms with Crippen molar-refractivity contribution in [1.29, 1.82) is 0 Å². The lowest BCUT2D eigenvalue weighted by molar-refractivity contribution is -0.119. The summed E-state index contributed by atoms with van der Waals surface area (Å²) in [4.78, 5) is 20.4.